The van der Waals surface area contributed by atoms with Gasteiger partial charge >= 0.3 is 6.03 Å². The van der Waals surface area contributed by atoms with Gasteiger partial charge in [0, 0.05) is 17.8 Å². The van der Waals surface area contributed by atoms with Crippen molar-refractivity contribution >= 4 is 22.9 Å². The summed E-state index contributed by atoms with van der Waals surface area (Å²) in [6.07, 6.45) is 11.4. The van der Waals surface area contributed by atoms with Crippen molar-refractivity contribution in [2.45, 2.75) is 31.7 Å². The number of rotatable bonds is 2. The van der Waals surface area contributed by atoms with Gasteiger partial charge in [0.05, 0.1) is 11.0 Å². The molecule has 0 atom stereocenters. The van der Waals surface area contributed by atoms with Crippen LogP contribution in [0.5, 0.6) is 0 Å². The molecule has 1 fully saturated rings. The summed E-state index contributed by atoms with van der Waals surface area (Å²) in [6.45, 7) is 0. The first-order chi connectivity index (χ1) is 10.2. The van der Waals surface area contributed by atoms with E-state index >= 15 is 0 Å². The van der Waals surface area contributed by atoms with E-state index in [9.17, 15) is 4.79 Å². The van der Waals surface area contributed by atoms with Crippen LogP contribution < -0.4 is 10.6 Å². The lowest BCUT2D eigenvalue weighted by atomic mass is 10.2. The van der Waals surface area contributed by atoms with E-state index in [0.29, 0.717) is 16.9 Å². The number of anilines is 1. The molecule has 2 aromatic rings. The zero-order valence-corrected chi connectivity index (χ0v) is 11.6. The highest BCUT2D eigenvalue weighted by Gasteiger charge is 2.17. The number of pyridine rings is 2. The fourth-order valence-electron chi connectivity index (χ4n) is 2.56. The first-order valence-corrected chi connectivity index (χ1v) is 7.05. The maximum Gasteiger partial charge on any atom is 0.320 e. The summed E-state index contributed by atoms with van der Waals surface area (Å²) in [7, 11) is 0. The van der Waals surface area contributed by atoms with Crippen molar-refractivity contribution in [2.75, 3.05) is 5.32 Å². The van der Waals surface area contributed by atoms with Crippen molar-refractivity contribution in [3.8, 4) is 12.3 Å². The molecule has 5 heteroatoms. The van der Waals surface area contributed by atoms with Crippen LogP contribution in [0.4, 0.5) is 10.6 Å². The molecule has 2 aromatic heterocycles. The lowest BCUT2D eigenvalue weighted by Gasteiger charge is -2.12. The molecule has 0 unspecified atom stereocenters. The SMILES string of the molecule is C#Cc1cnc2ccc(NC(=O)NC3CCCC3)nc2c1. The molecule has 1 aliphatic rings. The molecular formula is C16H16N4O. The van der Waals surface area contributed by atoms with Crippen LogP contribution in [0.15, 0.2) is 24.4 Å². The number of fused-ring (bicyclic) bond motifs is 1. The van der Waals surface area contributed by atoms with E-state index in [-0.39, 0.29) is 12.1 Å². The third kappa shape index (κ3) is 3.11. The molecule has 0 bridgehead atoms. The Morgan fingerprint density at radius 2 is 2.10 bits per heavy atom. The fourth-order valence-corrected chi connectivity index (χ4v) is 2.56. The monoisotopic (exact) mass is 280 g/mol. The number of terminal acetylenes is 1. The summed E-state index contributed by atoms with van der Waals surface area (Å²) >= 11 is 0. The van der Waals surface area contributed by atoms with Crippen molar-refractivity contribution < 1.29 is 4.79 Å². The molecule has 2 N–H and O–H groups in total. The summed E-state index contributed by atoms with van der Waals surface area (Å²) in [4.78, 5) is 20.5. The number of carbonyl (C=O) groups excluding carboxylic acids is 1. The van der Waals surface area contributed by atoms with Gasteiger partial charge in [0.1, 0.15) is 5.82 Å². The Morgan fingerprint density at radius 1 is 1.29 bits per heavy atom. The average Bonchev–Trinajstić information content (AvgIpc) is 2.99. The number of urea groups is 1. The molecule has 0 aliphatic heterocycles. The molecule has 2 amide bonds. The summed E-state index contributed by atoms with van der Waals surface area (Å²) < 4.78 is 0. The fraction of sp³-hybridized carbons (Fsp3) is 0.312. The minimum atomic E-state index is -0.213. The zero-order chi connectivity index (χ0) is 14.7. The molecule has 106 valence electrons. The molecule has 21 heavy (non-hydrogen) atoms. The number of hydrogen-bond acceptors (Lipinski definition) is 3. The summed E-state index contributed by atoms with van der Waals surface area (Å²) in [5.74, 6) is 3.02. The van der Waals surface area contributed by atoms with Crippen LogP contribution in [-0.2, 0) is 0 Å². The molecule has 2 heterocycles. The van der Waals surface area contributed by atoms with Gasteiger partial charge in [0.25, 0.3) is 0 Å². The Morgan fingerprint density at radius 3 is 2.86 bits per heavy atom. The first kappa shape index (κ1) is 13.4. The maximum absolute atomic E-state index is 11.9. The standard InChI is InChI=1S/C16H16N4O/c1-2-11-9-14-13(17-10-11)7-8-15(19-14)20-16(21)18-12-5-3-4-6-12/h1,7-10,12H,3-6H2,(H2,18,19,20,21). The van der Waals surface area contributed by atoms with E-state index in [2.05, 4.69) is 26.5 Å². The van der Waals surface area contributed by atoms with Crippen LogP contribution in [0.1, 0.15) is 31.2 Å². The summed E-state index contributed by atoms with van der Waals surface area (Å²) in [5, 5.41) is 5.72. The normalized spacial score (nSPS) is 14.8. The van der Waals surface area contributed by atoms with Gasteiger partial charge in [-0.25, -0.2) is 9.78 Å². The van der Waals surface area contributed by atoms with E-state index in [1.54, 1.807) is 18.3 Å². The Hall–Kier alpha value is -2.61. The van der Waals surface area contributed by atoms with E-state index in [1.807, 2.05) is 6.07 Å². The van der Waals surface area contributed by atoms with Crippen LogP contribution in [0.3, 0.4) is 0 Å². The Labute approximate surface area is 123 Å². The zero-order valence-electron chi connectivity index (χ0n) is 11.6. The Kier molecular flexibility index (Phi) is 3.69. The van der Waals surface area contributed by atoms with Crippen LogP contribution in [0.25, 0.3) is 11.0 Å². The highest BCUT2D eigenvalue weighted by atomic mass is 16.2. The minimum Gasteiger partial charge on any atom is -0.335 e. The highest BCUT2D eigenvalue weighted by Crippen LogP contribution is 2.18. The number of aromatic nitrogens is 2. The van der Waals surface area contributed by atoms with Crippen LogP contribution in [-0.4, -0.2) is 22.0 Å². The quantitative estimate of drug-likeness (QED) is 0.831. The first-order valence-electron chi connectivity index (χ1n) is 7.05. The second-order valence-corrected chi connectivity index (χ2v) is 5.18. The largest absolute Gasteiger partial charge is 0.335 e. The highest BCUT2D eigenvalue weighted by molar-refractivity contribution is 5.90. The topological polar surface area (TPSA) is 66.9 Å². The molecule has 1 saturated carbocycles. The predicted octanol–water partition coefficient (Wildman–Crippen LogP) is 2.68. The number of nitrogens with one attached hydrogen (secondary N) is 2. The van der Waals surface area contributed by atoms with Crippen molar-refractivity contribution in [3.63, 3.8) is 0 Å². The van der Waals surface area contributed by atoms with Gasteiger partial charge in [-0.05, 0) is 31.0 Å². The van der Waals surface area contributed by atoms with Crippen LogP contribution >= 0.6 is 0 Å². The number of amides is 2. The molecule has 0 saturated heterocycles. The van der Waals surface area contributed by atoms with Gasteiger partial charge < -0.3 is 5.32 Å². The van der Waals surface area contributed by atoms with Crippen molar-refractivity contribution in [2.24, 2.45) is 0 Å². The molecule has 3 rings (SSSR count). The second-order valence-electron chi connectivity index (χ2n) is 5.18. The van der Waals surface area contributed by atoms with Gasteiger partial charge in [-0.1, -0.05) is 18.8 Å². The second kappa shape index (κ2) is 5.80. The van der Waals surface area contributed by atoms with Gasteiger partial charge in [-0.2, -0.15) is 0 Å². The molecule has 1 aliphatic carbocycles. The lowest BCUT2D eigenvalue weighted by molar-refractivity contribution is 0.248. The molecule has 0 aromatic carbocycles. The smallest absolute Gasteiger partial charge is 0.320 e. The third-order valence-electron chi connectivity index (χ3n) is 3.64. The van der Waals surface area contributed by atoms with E-state index < -0.39 is 0 Å². The van der Waals surface area contributed by atoms with Gasteiger partial charge in [0.2, 0.25) is 0 Å². The average molecular weight is 280 g/mol. The molecule has 5 nitrogen and oxygen atoms in total. The van der Waals surface area contributed by atoms with Crippen LogP contribution in [0.2, 0.25) is 0 Å². The summed E-state index contributed by atoms with van der Waals surface area (Å²) in [6, 6.07) is 5.39. The number of carbonyl (C=O) groups is 1. The maximum atomic E-state index is 11.9. The molecule has 0 radical (unpaired) electrons. The van der Waals surface area contributed by atoms with E-state index in [1.165, 1.54) is 12.8 Å². The van der Waals surface area contributed by atoms with Crippen LogP contribution in [0, 0.1) is 12.3 Å². The van der Waals surface area contributed by atoms with E-state index in [0.717, 1.165) is 18.4 Å². The Balaban J connectivity index is 1.74. The van der Waals surface area contributed by atoms with E-state index in [4.69, 9.17) is 6.42 Å². The Bertz CT molecular complexity index is 714. The number of hydrogen-bond donors (Lipinski definition) is 2. The molecule has 0 spiro atoms. The van der Waals surface area contributed by atoms with Gasteiger partial charge in [-0.15, -0.1) is 6.42 Å². The van der Waals surface area contributed by atoms with Crippen molar-refractivity contribution in [1.82, 2.24) is 15.3 Å². The third-order valence-corrected chi connectivity index (χ3v) is 3.64. The molecular weight excluding hydrogens is 264 g/mol. The summed E-state index contributed by atoms with van der Waals surface area (Å²) in [5.41, 5.74) is 2.09. The lowest BCUT2D eigenvalue weighted by Crippen LogP contribution is -2.36. The number of nitrogens with zero attached hydrogens (tertiary/aromatic N) is 2. The van der Waals surface area contributed by atoms with Gasteiger partial charge in [-0.3, -0.25) is 10.3 Å². The predicted molar refractivity (Wildman–Crippen MR) is 81.9 cm³/mol. The van der Waals surface area contributed by atoms with Crippen molar-refractivity contribution in [3.05, 3.63) is 30.0 Å². The minimum absolute atomic E-state index is 0.213. The van der Waals surface area contributed by atoms with Crippen molar-refractivity contribution in [1.29, 1.82) is 0 Å². The van der Waals surface area contributed by atoms with Gasteiger partial charge in [0.15, 0.2) is 0 Å².